The lowest BCUT2D eigenvalue weighted by molar-refractivity contribution is -0.0381. The largest absolute Gasteiger partial charge is 0.372 e. The second-order valence-corrected chi connectivity index (χ2v) is 7.21. The molecule has 1 aliphatic carbocycles. The molecular formula is C16H31NO. The van der Waals surface area contributed by atoms with E-state index in [0.717, 1.165) is 6.54 Å². The molecular weight excluding hydrogens is 222 g/mol. The summed E-state index contributed by atoms with van der Waals surface area (Å²) in [5.74, 6) is 0. The number of hydrogen-bond donors (Lipinski definition) is 1. The molecule has 18 heavy (non-hydrogen) atoms. The molecule has 1 unspecified atom stereocenters. The third-order valence-electron chi connectivity index (χ3n) is 5.06. The number of nitrogens with two attached hydrogens (primary N) is 1. The SMILES string of the molecule is CC1(C)CCC(CC2(CN)CCCCCCC2)O1. The van der Waals surface area contributed by atoms with Crippen LogP contribution in [-0.4, -0.2) is 18.2 Å². The molecule has 1 aliphatic heterocycles. The van der Waals surface area contributed by atoms with Gasteiger partial charge >= 0.3 is 0 Å². The zero-order chi connectivity index (χ0) is 13.1. The first kappa shape index (κ1) is 14.3. The predicted octanol–water partition coefficient (Wildman–Crippen LogP) is 4.02. The van der Waals surface area contributed by atoms with E-state index in [1.807, 2.05) is 0 Å². The molecule has 2 aliphatic rings. The first-order valence-corrected chi connectivity index (χ1v) is 7.93. The third kappa shape index (κ3) is 3.71. The predicted molar refractivity (Wildman–Crippen MR) is 76.6 cm³/mol. The van der Waals surface area contributed by atoms with Crippen LogP contribution in [-0.2, 0) is 4.74 Å². The topological polar surface area (TPSA) is 35.2 Å². The van der Waals surface area contributed by atoms with Crippen LogP contribution in [0, 0.1) is 5.41 Å². The fourth-order valence-electron chi connectivity index (χ4n) is 3.85. The highest BCUT2D eigenvalue weighted by Gasteiger charge is 2.38. The highest BCUT2D eigenvalue weighted by Crippen LogP contribution is 2.42. The Morgan fingerprint density at radius 2 is 1.61 bits per heavy atom. The highest BCUT2D eigenvalue weighted by atomic mass is 16.5. The van der Waals surface area contributed by atoms with Crippen molar-refractivity contribution in [1.82, 2.24) is 0 Å². The Morgan fingerprint density at radius 1 is 1.00 bits per heavy atom. The van der Waals surface area contributed by atoms with E-state index >= 15 is 0 Å². The molecule has 1 atom stereocenters. The van der Waals surface area contributed by atoms with Gasteiger partial charge < -0.3 is 10.5 Å². The Bertz CT molecular complexity index is 254. The van der Waals surface area contributed by atoms with Crippen molar-refractivity contribution in [2.75, 3.05) is 6.54 Å². The maximum atomic E-state index is 6.19. The van der Waals surface area contributed by atoms with E-state index in [9.17, 15) is 0 Å². The van der Waals surface area contributed by atoms with Crippen LogP contribution in [0.15, 0.2) is 0 Å². The number of hydrogen-bond acceptors (Lipinski definition) is 2. The van der Waals surface area contributed by atoms with Gasteiger partial charge in [-0.05, 0) is 57.9 Å². The minimum Gasteiger partial charge on any atom is -0.372 e. The molecule has 2 nitrogen and oxygen atoms in total. The summed E-state index contributed by atoms with van der Waals surface area (Å²) in [6.45, 7) is 5.30. The van der Waals surface area contributed by atoms with E-state index < -0.39 is 0 Å². The molecule has 2 fully saturated rings. The smallest absolute Gasteiger partial charge is 0.0631 e. The van der Waals surface area contributed by atoms with Crippen molar-refractivity contribution in [3.63, 3.8) is 0 Å². The molecule has 0 aromatic heterocycles. The molecule has 106 valence electrons. The van der Waals surface area contributed by atoms with E-state index in [1.165, 1.54) is 64.2 Å². The van der Waals surface area contributed by atoms with Crippen molar-refractivity contribution in [3.8, 4) is 0 Å². The highest BCUT2D eigenvalue weighted by molar-refractivity contribution is 4.89. The molecule has 0 spiro atoms. The lowest BCUT2D eigenvalue weighted by atomic mass is 9.72. The Kier molecular flexibility index (Phi) is 4.71. The van der Waals surface area contributed by atoms with Gasteiger partial charge in [0, 0.05) is 0 Å². The van der Waals surface area contributed by atoms with Gasteiger partial charge in [0.15, 0.2) is 0 Å². The van der Waals surface area contributed by atoms with E-state index in [4.69, 9.17) is 10.5 Å². The Balaban J connectivity index is 1.94. The van der Waals surface area contributed by atoms with E-state index in [0.29, 0.717) is 11.5 Å². The quantitative estimate of drug-likeness (QED) is 0.824. The average Bonchev–Trinajstić information content (AvgIpc) is 2.62. The van der Waals surface area contributed by atoms with Crippen LogP contribution in [0.2, 0.25) is 0 Å². The molecule has 1 saturated carbocycles. The van der Waals surface area contributed by atoms with Gasteiger partial charge in [0.1, 0.15) is 0 Å². The summed E-state index contributed by atoms with van der Waals surface area (Å²) >= 11 is 0. The molecule has 2 N–H and O–H groups in total. The molecule has 2 heteroatoms. The van der Waals surface area contributed by atoms with Gasteiger partial charge in [0.25, 0.3) is 0 Å². The van der Waals surface area contributed by atoms with Gasteiger partial charge in [-0.3, -0.25) is 0 Å². The van der Waals surface area contributed by atoms with Crippen LogP contribution in [0.5, 0.6) is 0 Å². The summed E-state index contributed by atoms with van der Waals surface area (Å²) in [6.07, 6.45) is 13.7. The maximum absolute atomic E-state index is 6.19. The summed E-state index contributed by atoms with van der Waals surface area (Å²) in [4.78, 5) is 0. The van der Waals surface area contributed by atoms with Gasteiger partial charge in [-0.2, -0.15) is 0 Å². The van der Waals surface area contributed by atoms with Crippen molar-refractivity contribution in [2.24, 2.45) is 11.1 Å². The van der Waals surface area contributed by atoms with Crippen LogP contribution >= 0.6 is 0 Å². The lowest BCUT2D eigenvalue weighted by Gasteiger charge is -2.36. The second-order valence-electron chi connectivity index (χ2n) is 7.21. The van der Waals surface area contributed by atoms with Gasteiger partial charge in [-0.1, -0.05) is 32.1 Å². The van der Waals surface area contributed by atoms with Crippen molar-refractivity contribution >= 4 is 0 Å². The zero-order valence-electron chi connectivity index (χ0n) is 12.3. The molecule has 0 radical (unpaired) electrons. The lowest BCUT2D eigenvalue weighted by Crippen LogP contribution is -2.35. The minimum atomic E-state index is 0.0993. The zero-order valence-corrected chi connectivity index (χ0v) is 12.3. The van der Waals surface area contributed by atoms with E-state index in [2.05, 4.69) is 13.8 Å². The Labute approximate surface area is 113 Å². The van der Waals surface area contributed by atoms with Crippen LogP contribution in [0.4, 0.5) is 0 Å². The Hall–Kier alpha value is -0.0800. The van der Waals surface area contributed by atoms with Crippen molar-refractivity contribution in [3.05, 3.63) is 0 Å². The van der Waals surface area contributed by atoms with Crippen LogP contribution in [0.3, 0.4) is 0 Å². The molecule has 1 saturated heterocycles. The maximum Gasteiger partial charge on any atom is 0.0631 e. The summed E-state index contributed by atoms with van der Waals surface area (Å²) in [5, 5.41) is 0. The average molecular weight is 253 g/mol. The van der Waals surface area contributed by atoms with E-state index in [1.54, 1.807) is 0 Å². The summed E-state index contributed by atoms with van der Waals surface area (Å²) in [6, 6.07) is 0. The van der Waals surface area contributed by atoms with Crippen molar-refractivity contribution in [2.45, 2.75) is 89.8 Å². The van der Waals surface area contributed by atoms with Gasteiger partial charge in [0.2, 0.25) is 0 Å². The summed E-state index contributed by atoms with van der Waals surface area (Å²) in [5.41, 5.74) is 6.63. The molecule has 1 heterocycles. The van der Waals surface area contributed by atoms with Gasteiger partial charge in [0.05, 0.1) is 11.7 Å². The fraction of sp³-hybridized carbons (Fsp3) is 1.00. The first-order chi connectivity index (χ1) is 8.55. The monoisotopic (exact) mass is 253 g/mol. The first-order valence-electron chi connectivity index (χ1n) is 7.93. The van der Waals surface area contributed by atoms with E-state index in [-0.39, 0.29) is 5.60 Å². The summed E-state index contributed by atoms with van der Waals surface area (Å²) in [7, 11) is 0. The number of rotatable bonds is 3. The minimum absolute atomic E-state index is 0.0993. The Morgan fingerprint density at radius 3 is 2.11 bits per heavy atom. The molecule has 2 rings (SSSR count). The second kappa shape index (κ2) is 5.92. The molecule has 0 amide bonds. The van der Waals surface area contributed by atoms with Gasteiger partial charge in [-0.25, -0.2) is 0 Å². The van der Waals surface area contributed by atoms with Gasteiger partial charge in [-0.15, -0.1) is 0 Å². The third-order valence-corrected chi connectivity index (χ3v) is 5.06. The van der Waals surface area contributed by atoms with Crippen LogP contribution < -0.4 is 5.73 Å². The van der Waals surface area contributed by atoms with Crippen LogP contribution in [0.25, 0.3) is 0 Å². The normalized spacial score (nSPS) is 31.8. The molecule has 0 aromatic rings. The van der Waals surface area contributed by atoms with Crippen molar-refractivity contribution < 1.29 is 4.74 Å². The van der Waals surface area contributed by atoms with Crippen molar-refractivity contribution in [1.29, 1.82) is 0 Å². The number of ether oxygens (including phenoxy) is 1. The van der Waals surface area contributed by atoms with Crippen LogP contribution in [0.1, 0.15) is 78.1 Å². The summed E-state index contributed by atoms with van der Waals surface area (Å²) < 4.78 is 6.19. The fourth-order valence-corrected chi connectivity index (χ4v) is 3.85. The standard InChI is InChI=1S/C16H31NO/c1-15(2)11-8-14(18-15)12-16(13-17)9-6-4-3-5-7-10-16/h14H,3-13,17H2,1-2H3. The molecule has 0 bridgehead atoms. The molecule has 0 aromatic carbocycles.